The third-order valence-electron chi connectivity index (χ3n) is 4.58. The van der Waals surface area contributed by atoms with Crippen LogP contribution in [-0.4, -0.2) is 32.4 Å². The number of nitrogens with one attached hydrogen (secondary N) is 1. The molecule has 0 fully saturated rings. The van der Waals surface area contributed by atoms with Gasteiger partial charge in [-0.1, -0.05) is 24.3 Å². The Labute approximate surface area is 195 Å². The molecule has 0 radical (unpaired) electrons. The highest BCUT2D eigenvalue weighted by molar-refractivity contribution is 7.17. The van der Waals surface area contributed by atoms with Crippen LogP contribution in [0.5, 0.6) is 5.75 Å². The van der Waals surface area contributed by atoms with E-state index in [0.717, 1.165) is 10.4 Å². The molecule has 0 aliphatic heterocycles. The molecule has 33 heavy (non-hydrogen) atoms. The van der Waals surface area contributed by atoms with Gasteiger partial charge in [0.2, 0.25) is 5.91 Å². The fourth-order valence-electron chi connectivity index (χ4n) is 3.12. The molecule has 0 atom stereocenters. The number of halogens is 1. The van der Waals surface area contributed by atoms with Crippen LogP contribution < -0.4 is 10.1 Å². The SMILES string of the molecule is CCOC(=O)c1c(NC(=O)/C=C/c2ccc(OCOC)cc2)sc(C)c1-c1ccc(F)cc1. The van der Waals surface area contributed by atoms with E-state index in [1.54, 1.807) is 56.5 Å². The number of esters is 1. The van der Waals surface area contributed by atoms with Crippen LogP contribution in [0.4, 0.5) is 9.39 Å². The predicted octanol–water partition coefficient (Wildman–Crippen LogP) is 5.67. The van der Waals surface area contributed by atoms with Gasteiger partial charge in [-0.05, 0) is 55.3 Å². The number of methoxy groups -OCH3 is 1. The second-order valence-corrected chi connectivity index (χ2v) is 8.13. The van der Waals surface area contributed by atoms with Crippen LogP contribution in [0.15, 0.2) is 54.6 Å². The van der Waals surface area contributed by atoms with Gasteiger partial charge in [-0.2, -0.15) is 0 Å². The molecule has 0 bridgehead atoms. The van der Waals surface area contributed by atoms with E-state index in [-0.39, 0.29) is 24.8 Å². The number of anilines is 1. The van der Waals surface area contributed by atoms with E-state index in [1.165, 1.54) is 29.5 Å². The summed E-state index contributed by atoms with van der Waals surface area (Å²) in [7, 11) is 1.54. The van der Waals surface area contributed by atoms with E-state index in [1.807, 2.05) is 6.92 Å². The zero-order chi connectivity index (χ0) is 23.8. The normalized spacial score (nSPS) is 10.9. The van der Waals surface area contributed by atoms with Gasteiger partial charge in [0, 0.05) is 23.6 Å². The minimum atomic E-state index is -0.549. The molecule has 3 aromatic rings. The molecule has 0 aliphatic carbocycles. The van der Waals surface area contributed by atoms with Crippen molar-refractivity contribution >= 4 is 34.3 Å². The number of carbonyl (C=O) groups is 2. The Bertz CT molecular complexity index is 1140. The molecule has 0 saturated heterocycles. The molecule has 0 spiro atoms. The average Bonchev–Trinajstić information content (AvgIpc) is 3.13. The van der Waals surface area contributed by atoms with Gasteiger partial charge < -0.3 is 19.5 Å². The highest BCUT2D eigenvalue weighted by Gasteiger charge is 2.25. The molecule has 1 aromatic heterocycles. The van der Waals surface area contributed by atoms with Gasteiger partial charge in [0.15, 0.2) is 6.79 Å². The zero-order valence-corrected chi connectivity index (χ0v) is 19.3. The number of aryl methyl sites for hydroxylation is 1. The topological polar surface area (TPSA) is 73.9 Å². The fourth-order valence-corrected chi connectivity index (χ4v) is 4.19. The molecule has 3 rings (SSSR count). The lowest BCUT2D eigenvalue weighted by molar-refractivity contribution is -0.111. The molecule has 8 heteroatoms. The van der Waals surface area contributed by atoms with E-state index in [4.69, 9.17) is 14.2 Å². The number of hydrogen-bond acceptors (Lipinski definition) is 6. The van der Waals surface area contributed by atoms with Gasteiger partial charge in [0.1, 0.15) is 22.1 Å². The minimum absolute atomic E-state index is 0.153. The second kappa shape index (κ2) is 11.4. The first-order valence-corrected chi connectivity index (χ1v) is 11.0. The molecular formula is C25H24FNO5S. The second-order valence-electron chi connectivity index (χ2n) is 6.91. The number of rotatable bonds is 9. The number of amides is 1. The van der Waals surface area contributed by atoms with Crippen LogP contribution in [0.2, 0.25) is 0 Å². The number of hydrogen-bond donors (Lipinski definition) is 1. The third-order valence-corrected chi connectivity index (χ3v) is 5.60. The molecule has 2 aromatic carbocycles. The van der Waals surface area contributed by atoms with Crippen LogP contribution in [0.25, 0.3) is 17.2 Å². The molecule has 172 valence electrons. The van der Waals surface area contributed by atoms with Crippen LogP contribution in [0, 0.1) is 12.7 Å². The van der Waals surface area contributed by atoms with Gasteiger partial charge in [-0.25, -0.2) is 9.18 Å². The molecular weight excluding hydrogens is 445 g/mol. The summed E-state index contributed by atoms with van der Waals surface area (Å²) in [6.45, 7) is 3.89. The quantitative estimate of drug-likeness (QED) is 0.248. The smallest absolute Gasteiger partial charge is 0.341 e. The van der Waals surface area contributed by atoms with Crippen molar-refractivity contribution in [2.24, 2.45) is 0 Å². The largest absolute Gasteiger partial charge is 0.468 e. The molecule has 1 N–H and O–H groups in total. The molecule has 0 aliphatic rings. The summed E-state index contributed by atoms with van der Waals surface area (Å²) in [5.74, 6) is -0.666. The van der Waals surface area contributed by atoms with Crippen molar-refractivity contribution in [3.63, 3.8) is 0 Å². The maximum Gasteiger partial charge on any atom is 0.341 e. The lowest BCUT2D eigenvalue weighted by Crippen LogP contribution is -2.12. The molecule has 0 unspecified atom stereocenters. The standard InChI is InChI=1S/C25H24FNO5S/c1-4-31-25(29)23-22(18-8-10-19(26)11-9-18)16(2)33-24(23)27-21(28)14-7-17-5-12-20(13-6-17)32-15-30-3/h5-14H,4,15H2,1-3H3,(H,27,28)/b14-7+. The Hall–Kier alpha value is -3.49. The lowest BCUT2D eigenvalue weighted by atomic mass is 10.0. The van der Waals surface area contributed by atoms with Gasteiger partial charge in [-0.3, -0.25) is 4.79 Å². The molecule has 6 nitrogen and oxygen atoms in total. The lowest BCUT2D eigenvalue weighted by Gasteiger charge is -2.08. The Morgan fingerprint density at radius 2 is 1.79 bits per heavy atom. The van der Waals surface area contributed by atoms with E-state index in [2.05, 4.69) is 5.32 Å². The van der Waals surface area contributed by atoms with E-state index in [0.29, 0.717) is 21.9 Å². The number of ether oxygens (including phenoxy) is 3. The summed E-state index contributed by atoms with van der Waals surface area (Å²) < 4.78 is 28.8. The molecule has 0 saturated carbocycles. The van der Waals surface area contributed by atoms with Gasteiger partial charge in [0.25, 0.3) is 0 Å². The Morgan fingerprint density at radius 1 is 1.09 bits per heavy atom. The highest BCUT2D eigenvalue weighted by atomic mass is 32.1. The summed E-state index contributed by atoms with van der Waals surface area (Å²) >= 11 is 1.26. The van der Waals surface area contributed by atoms with Crippen LogP contribution >= 0.6 is 11.3 Å². The zero-order valence-electron chi connectivity index (χ0n) is 18.5. The first-order valence-electron chi connectivity index (χ1n) is 10.2. The van der Waals surface area contributed by atoms with E-state index < -0.39 is 11.9 Å². The van der Waals surface area contributed by atoms with Crippen molar-refractivity contribution in [2.45, 2.75) is 13.8 Å². The van der Waals surface area contributed by atoms with Crippen molar-refractivity contribution in [1.82, 2.24) is 0 Å². The van der Waals surface area contributed by atoms with Crippen LogP contribution in [0.1, 0.15) is 27.7 Å². The average molecular weight is 470 g/mol. The molecule has 1 heterocycles. The monoisotopic (exact) mass is 469 g/mol. The van der Waals surface area contributed by atoms with Gasteiger partial charge in [-0.15, -0.1) is 11.3 Å². The van der Waals surface area contributed by atoms with Crippen LogP contribution in [0.3, 0.4) is 0 Å². The van der Waals surface area contributed by atoms with E-state index >= 15 is 0 Å². The Balaban J connectivity index is 1.82. The van der Waals surface area contributed by atoms with Crippen molar-refractivity contribution in [3.05, 3.63) is 76.4 Å². The van der Waals surface area contributed by atoms with Crippen molar-refractivity contribution in [3.8, 4) is 16.9 Å². The number of benzene rings is 2. The third kappa shape index (κ3) is 6.27. The van der Waals surface area contributed by atoms with Gasteiger partial charge in [0.05, 0.1) is 6.61 Å². The Morgan fingerprint density at radius 3 is 2.42 bits per heavy atom. The number of thiophene rings is 1. The van der Waals surface area contributed by atoms with E-state index in [9.17, 15) is 14.0 Å². The highest BCUT2D eigenvalue weighted by Crippen LogP contribution is 2.40. The maximum absolute atomic E-state index is 13.4. The summed E-state index contributed by atoms with van der Waals surface area (Å²) in [5.41, 5.74) is 2.34. The predicted molar refractivity (Wildman–Crippen MR) is 127 cm³/mol. The van der Waals surface area contributed by atoms with Gasteiger partial charge >= 0.3 is 5.97 Å². The first-order chi connectivity index (χ1) is 15.9. The van der Waals surface area contributed by atoms with Crippen molar-refractivity contribution < 1.29 is 28.2 Å². The summed E-state index contributed by atoms with van der Waals surface area (Å²) in [6, 6.07) is 13.0. The summed E-state index contributed by atoms with van der Waals surface area (Å²) in [6.07, 6.45) is 3.04. The maximum atomic E-state index is 13.4. The van der Waals surface area contributed by atoms with Crippen molar-refractivity contribution in [2.75, 3.05) is 25.8 Å². The van der Waals surface area contributed by atoms with Crippen LogP contribution in [-0.2, 0) is 14.3 Å². The Kier molecular flexibility index (Phi) is 8.34. The first kappa shape index (κ1) is 24.2. The fraction of sp³-hybridized carbons (Fsp3) is 0.200. The summed E-state index contributed by atoms with van der Waals surface area (Å²) in [4.78, 5) is 26.1. The van der Waals surface area contributed by atoms with Crippen molar-refractivity contribution in [1.29, 1.82) is 0 Å². The number of carbonyl (C=O) groups excluding carboxylic acids is 2. The minimum Gasteiger partial charge on any atom is -0.468 e. The molecule has 1 amide bonds. The summed E-state index contributed by atoms with van der Waals surface area (Å²) in [5, 5.41) is 3.16.